The normalized spacial score (nSPS) is 10.2. The predicted molar refractivity (Wildman–Crippen MR) is 73.0 cm³/mol. The average Bonchev–Trinajstić information content (AvgIpc) is 2.39. The first kappa shape index (κ1) is 12.7. The van der Waals surface area contributed by atoms with Crippen LogP contribution in [0.15, 0.2) is 42.5 Å². The van der Waals surface area contributed by atoms with Crippen LogP contribution >= 0.6 is 0 Å². The topological polar surface area (TPSA) is 49.7 Å². The molecular weight excluding hydrogens is 227 g/mol. The zero-order valence-corrected chi connectivity index (χ0v) is 10.4. The minimum atomic E-state index is -1.48. The Balaban J connectivity index is 2.47. The summed E-state index contributed by atoms with van der Waals surface area (Å²) in [7, 11) is 0.0894. The predicted octanol–water partition coefficient (Wildman–Crippen LogP) is 1.35. The first-order valence-corrected chi connectivity index (χ1v) is 5.73. The Labute approximate surface area is 107 Å². The molecule has 4 heteroatoms. The summed E-state index contributed by atoms with van der Waals surface area (Å²) in [4.78, 5) is 0. The van der Waals surface area contributed by atoms with Crippen molar-refractivity contribution in [3.63, 3.8) is 0 Å². The van der Waals surface area contributed by atoms with Crippen molar-refractivity contribution in [3.05, 3.63) is 48.0 Å². The molecule has 2 N–H and O–H groups in total. The quantitative estimate of drug-likeness (QED) is 0.799. The van der Waals surface area contributed by atoms with E-state index in [1.807, 2.05) is 37.3 Å². The van der Waals surface area contributed by atoms with Crippen LogP contribution in [0.4, 0.5) is 0 Å². The zero-order valence-electron chi connectivity index (χ0n) is 10.4. The SMILES string of the molecule is COc1cc(B(O)O)ccc1-c1ccc(C)cc1. The standard InChI is InChI=1S/C14H15BO3/c1-10-3-5-11(6-4-10)13-8-7-12(15(16)17)9-14(13)18-2/h3-9,16-17H,1-2H3. The highest BCUT2D eigenvalue weighted by atomic mass is 16.5. The highest BCUT2D eigenvalue weighted by Gasteiger charge is 2.14. The molecule has 92 valence electrons. The van der Waals surface area contributed by atoms with Crippen LogP contribution in [0.5, 0.6) is 5.75 Å². The highest BCUT2D eigenvalue weighted by Crippen LogP contribution is 2.28. The molecule has 0 saturated heterocycles. The van der Waals surface area contributed by atoms with Gasteiger partial charge in [0, 0.05) is 5.56 Å². The molecule has 3 nitrogen and oxygen atoms in total. The van der Waals surface area contributed by atoms with E-state index in [1.165, 1.54) is 5.56 Å². The largest absolute Gasteiger partial charge is 0.496 e. The Hall–Kier alpha value is -1.78. The summed E-state index contributed by atoms with van der Waals surface area (Å²) in [6.07, 6.45) is 0. The summed E-state index contributed by atoms with van der Waals surface area (Å²) in [6.45, 7) is 2.03. The molecule has 2 aromatic rings. The van der Waals surface area contributed by atoms with Crippen molar-refractivity contribution in [3.8, 4) is 16.9 Å². The first-order chi connectivity index (χ1) is 8.61. The minimum Gasteiger partial charge on any atom is -0.496 e. The third-order valence-corrected chi connectivity index (χ3v) is 2.89. The summed E-state index contributed by atoms with van der Waals surface area (Å²) < 4.78 is 5.30. The van der Waals surface area contributed by atoms with Crippen LogP contribution in [-0.2, 0) is 0 Å². The van der Waals surface area contributed by atoms with Gasteiger partial charge < -0.3 is 14.8 Å². The fourth-order valence-corrected chi connectivity index (χ4v) is 1.84. The number of aryl methyl sites for hydroxylation is 1. The van der Waals surface area contributed by atoms with Gasteiger partial charge in [0.2, 0.25) is 0 Å². The van der Waals surface area contributed by atoms with Crippen LogP contribution in [0.2, 0.25) is 0 Å². The maximum absolute atomic E-state index is 9.14. The van der Waals surface area contributed by atoms with E-state index < -0.39 is 7.12 Å². The fourth-order valence-electron chi connectivity index (χ4n) is 1.84. The molecule has 0 aliphatic rings. The molecule has 0 saturated carbocycles. The van der Waals surface area contributed by atoms with Crippen molar-refractivity contribution in [1.82, 2.24) is 0 Å². The summed E-state index contributed by atoms with van der Waals surface area (Å²) >= 11 is 0. The monoisotopic (exact) mass is 242 g/mol. The third-order valence-electron chi connectivity index (χ3n) is 2.89. The fraction of sp³-hybridized carbons (Fsp3) is 0.143. The number of hydrogen-bond acceptors (Lipinski definition) is 3. The number of ether oxygens (including phenoxy) is 1. The number of hydrogen-bond donors (Lipinski definition) is 2. The van der Waals surface area contributed by atoms with Gasteiger partial charge in [-0.1, -0.05) is 42.0 Å². The Morgan fingerprint density at radius 2 is 1.67 bits per heavy atom. The van der Waals surface area contributed by atoms with Gasteiger partial charge in [-0.3, -0.25) is 0 Å². The van der Waals surface area contributed by atoms with E-state index in [0.29, 0.717) is 11.2 Å². The molecule has 0 aliphatic carbocycles. The second-order valence-electron chi connectivity index (χ2n) is 4.20. The second-order valence-corrected chi connectivity index (χ2v) is 4.20. The van der Waals surface area contributed by atoms with E-state index in [1.54, 1.807) is 19.2 Å². The lowest BCUT2D eigenvalue weighted by Gasteiger charge is -2.11. The Morgan fingerprint density at radius 1 is 1.00 bits per heavy atom. The van der Waals surface area contributed by atoms with Gasteiger partial charge in [0.15, 0.2) is 0 Å². The molecule has 18 heavy (non-hydrogen) atoms. The van der Waals surface area contributed by atoms with Gasteiger partial charge >= 0.3 is 7.12 Å². The minimum absolute atomic E-state index is 0.419. The van der Waals surface area contributed by atoms with Gasteiger partial charge in [-0.25, -0.2) is 0 Å². The molecule has 0 radical (unpaired) electrons. The van der Waals surface area contributed by atoms with E-state index in [0.717, 1.165) is 11.1 Å². The van der Waals surface area contributed by atoms with Crippen LogP contribution < -0.4 is 10.2 Å². The second kappa shape index (κ2) is 5.25. The average molecular weight is 242 g/mol. The van der Waals surface area contributed by atoms with Crippen LogP contribution in [0.3, 0.4) is 0 Å². The Bertz CT molecular complexity index is 535. The van der Waals surface area contributed by atoms with Crippen LogP contribution in [0, 0.1) is 6.92 Å². The molecule has 0 spiro atoms. The molecule has 0 amide bonds. The van der Waals surface area contributed by atoms with Crippen molar-refractivity contribution in [2.45, 2.75) is 6.92 Å². The number of rotatable bonds is 3. The maximum Gasteiger partial charge on any atom is 0.488 e. The molecule has 2 aromatic carbocycles. The first-order valence-electron chi connectivity index (χ1n) is 5.73. The lowest BCUT2D eigenvalue weighted by atomic mass is 9.79. The highest BCUT2D eigenvalue weighted by molar-refractivity contribution is 6.58. The van der Waals surface area contributed by atoms with Crippen molar-refractivity contribution in [2.24, 2.45) is 0 Å². The van der Waals surface area contributed by atoms with Gasteiger partial charge in [-0.2, -0.15) is 0 Å². The van der Waals surface area contributed by atoms with E-state index in [-0.39, 0.29) is 0 Å². The van der Waals surface area contributed by atoms with Crippen LogP contribution in [0.25, 0.3) is 11.1 Å². The van der Waals surface area contributed by atoms with Crippen molar-refractivity contribution < 1.29 is 14.8 Å². The molecule has 0 atom stereocenters. The van der Waals surface area contributed by atoms with Crippen LogP contribution in [0.1, 0.15) is 5.56 Å². The van der Waals surface area contributed by atoms with E-state index in [9.17, 15) is 0 Å². The van der Waals surface area contributed by atoms with E-state index in [4.69, 9.17) is 14.8 Å². The lowest BCUT2D eigenvalue weighted by molar-refractivity contribution is 0.413. The molecule has 0 unspecified atom stereocenters. The molecular formula is C14H15BO3. The third kappa shape index (κ3) is 2.55. The molecule has 0 aliphatic heterocycles. The molecule has 0 fully saturated rings. The van der Waals surface area contributed by atoms with Gasteiger partial charge in [0.25, 0.3) is 0 Å². The molecule has 2 rings (SSSR count). The Morgan fingerprint density at radius 3 is 2.22 bits per heavy atom. The summed E-state index contributed by atoms with van der Waals surface area (Å²) in [6, 6.07) is 13.2. The summed E-state index contributed by atoms with van der Waals surface area (Å²) in [5, 5.41) is 18.3. The lowest BCUT2D eigenvalue weighted by Crippen LogP contribution is -2.29. The molecule has 0 bridgehead atoms. The smallest absolute Gasteiger partial charge is 0.488 e. The van der Waals surface area contributed by atoms with Crippen molar-refractivity contribution >= 4 is 12.6 Å². The Kier molecular flexibility index (Phi) is 3.70. The maximum atomic E-state index is 9.14. The van der Waals surface area contributed by atoms with Gasteiger partial charge in [0.05, 0.1) is 7.11 Å². The summed E-state index contributed by atoms with van der Waals surface area (Å²) in [5.74, 6) is 0.629. The zero-order chi connectivity index (χ0) is 13.1. The number of methoxy groups -OCH3 is 1. The van der Waals surface area contributed by atoms with E-state index >= 15 is 0 Å². The molecule has 0 aromatic heterocycles. The molecule has 0 heterocycles. The van der Waals surface area contributed by atoms with Crippen LogP contribution in [-0.4, -0.2) is 24.3 Å². The van der Waals surface area contributed by atoms with Gasteiger partial charge in [0.1, 0.15) is 5.75 Å². The van der Waals surface area contributed by atoms with E-state index in [2.05, 4.69) is 0 Å². The number of benzene rings is 2. The van der Waals surface area contributed by atoms with Gasteiger partial charge in [-0.15, -0.1) is 0 Å². The summed E-state index contributed by atoms with van der Waals surface area (Å²) in [5.41, 5.74) is 3.58. The van der Waals surface area contributed by atoms with Crippen molar-refractivity contribution in [1.29, 1.82) is 0 Å². The van der Waals surface area contributed by atoms with Gasteiger partial charge in [-0.05, 0) is 24.0 Å². The van der Waals surface area contributed by atoms with Crippen molar-refractivity contribution in [2.75, 3.05) is 7.11 Å².